The number of nitrogens with two attached hydrogens (primary N) is 2. The molecule has 0 unspecified atom stereocenters. The van der Waals surface area contributed by atoms with Crippen molar-refractivity contribution in [3.63, 3.8) is 0 Å². The molecule has 5 aromatic rings. The van der Waals surface area contributed by atoms with E-state index in [1.54, 1.807) is 54.7 Å². The summed E-state index contributed by atoms with van der Waals surface area (Å²) in [5.41, 5.74) is 14.0. The summed E-state index contributed by atoms with van der Waals surface area (Å²) < 4.78 is 31.1. The predicted octanol–water partition coefficient (Wildman–Crippen LogP) is 2.12. The van der Waals surface area contributed by atoms with Gasteiger partial charge in [-0.15, -0.1) is 0 Å². The number of anilines is 1. The van der Waals surface area contributed by atoms with E-state index in [0.717, 1.165) is 16.6 Å². The molecule has 2 heterocycles. The highest BCUT2D eigenvalue weighted by Crippen LogP contribution is 2.30. The number of carbonyl (C=O) groups excluding carboxylic acids is 4. The van der Waals surface area contributed by atoms with Crippen molar-refractivity contribution in [1.29, 1.82) is 0 Å². The zero-order chi connectivity index (χ0) is 46.8. The molecule has 65 heavy (non-hydrogen) atoms. The van der Waals surface area contributed by atoms with Crippen LogP contribution >= 0.6 is 0 Å². The van der Waals surface area contributed by atoms with Crippen molar-refractivity contribution in [1.82, 2.24) is 30.6 Å². The Kier molecular flexibility index (Phi) is 15.4. The Hall–Kier alpha value is -6.99. The lowest BCUT2D eigenvalue weighted by atomic mass is 10.0. The van der Waals surface area contributed by atoms with Gasteiger partial charge in [0.2, 0.25) is 33.7 Å². The summed E-state index contributed by atoms with van der Waals surface area (Å²) in [6.45, 7) is 1.74. The van der Waals surface area contributed by atoms with E-state index in [0.29, 0.717) is 28.3 Å². The lowest BCUT2D eigenvalue weighted by molar-refractivity contribution is -0.144. The summed E-state index contributed by atoms with van der Waals surface area (Å²) >= 11 is 0. The number of aromatic amines is 1. The zero-order valence-electron chi connectivity index (χ0n) is 36.5. The molecule has 0 saturated carbocycles. The van der Waals surface area contributed by atoms with Crippen LogP contribution in [0.5, 0.6) is 0 Å². The fourth-order valence-electron chi connectivity index (χ4n) is 8.14. The monoisotopic (exact) mass is 908 g/mol. The third-order valence-corrected chi connectivity index (χ3v) is 12.9. The number of para-hydroxylation sites is 1. The van der Waals surface area contributed by atoms with Crippen LogP contribution in [0.3, 0.4) is 0 Å². The number of likely N-dealkylation sites (tertiary alicyclic amines) is 1. The molecular weight excluding hydrogens is 853 g/mol. The van der Waals surface area contributed by atoms with Gasteiger partial charge in [-0.3, -0.25) is 24.2 Å². The summed E-state index contributed by atoms with van der Waals surface area (Å²) in [6.07, 6.45) is 2.59. The molecule has 6 rings (SSSR count). The number of aliphatic imine (C=N–C) groups is 1. The molecule has 10 N–H and O–H groups in total. The van der Waals surface area contributed by atoms with Gasteiger partial charge in [-0.25, -0.2) is 13.2 Å². The Morgan fingerprint density at radius 1 is 0.831 bits per heavy atom. The number of nitrogens with zero attached hydrogens (tertiary/aromatic N) is 3. The van der Waals surface area contributed by atoms with Gasteiger partial charge in [0, 0.05) is 67.2 Å². The van der Waals surface area contributed by atoms with Crippen LogP contribution < -0.4 is 37.0 Å². The number of carboxylic acid groups (broad SMARTS) is 1. The lowest BCUT2D eigenvalue weighted by Crippen LogP contribution is -2.58. The fraction of sp³-hybridized carbons (Fsp3) is 0.348. The number of amides is 4. The van der Waals surface area contributed by atoms with Gasteiger partial charge in [-0.2, -0.15) is 4.72 Å². The minimum Gasteiger partial charge on any atom is -0.480 e. The highest BCUT2D eigenvalue weighted by molar-refractivity contribution is 7.89. The quantitative estimate of drug-likeness (QED) is 0.0318. The molecule has 0 spiro atoms. The Bertz CT molecular complexity index is 2670. The molecule has 0 aliphatic carbocycles. The summed E-state index contributed by atoms with van der Waals surface area (Å²) in [6, 6.07) is 20.3. The van der Waals surface area contributed by atoms with E-state index in [2.05, 4.69) is 30.6 Å². The maximum atomic E-state index is 14.3. The number of sulfonamides is 1. The molecule has 1 aromatic heterocycles. The van der Waals surface area contributed by atoms with Crippen LogP contribution in [0.1, 0.15) is 43.7 Å². The van der Waals surface area contributed by atoms with Crippen LogP contribution in [-0.4, -0.2) is 116 Å². The summed E-state index contributed by atoms with van der Waals surface area (Å²) in [5.74, 6) is -4.19. The normalized spacial score (nSPS) is 15.7. The molecule has 344 valence electrons. The molecule has 1 fully saturated rings. The molecule has 19 heteroatoms. The highest BCUT2D eigenvalue weighted by Gasteiger charge is 2.39. The van der Waals surface area contributed by atoms with Gasteiger partial charge in [-0.1, -0.05) is 72.8 Å². The van der Waals surface area contributed by atoms with Crippen LogP contribution in [0.25, 0.3) is 21.7 Å². The lowest BCUT2D eigenvalue weighted by Gasteiger charge is -2.29. The van der Waals surface area contributed by atoms with Gasteiger partial charge < -0.3 is 47.3 Å². The van der Waals surface area contributed by atoms with Crippen molar-refractivity contribution in [3.8, 4) is 0 Å². The summed E-state index contributed by atoms with van der Waals surface area (Å²) in [5, 5.41) is 20.0. The van der Waals surface area contributed by atoms with Crippen molar-refractivity contribution < 1.29 is 37.5 Å². The predicted molar refractivity (Wildman–Crippen MR) is 248 cm³/mol. The van der Waals surface area contributed by atoms with Crippen LogP contribution in [-0.2, 0) is 46.8 Å². The number of rotatable bonds is 20. The Morgan fingerprint density at radius 2 is 1.51 bits per heavy atom. The minimum absolute atomic E-state index is 0.00153. The highest BCUT2D eigenvalue weighted by atomic mass is 32.2. The smallest absolute Gasteiger partial charge is 0.326 e. The van der Waals surface area contributed by atoms with Crippen molar-refractivity contribution in [3.05, 3.63) is 108 Å². The fourth-order valence-corrected chi connectivity index (χ4v) is 9.56. The average Bonchev–Trinajstić information content (AvgIpc) is 3.94. The van der Waals surface area contributed by atoms with Gasteiger partial charge in [0.05, 0.1) is 4.90 Å². The number of H-pyrrole nitrogens is 1. The van der Waals surface area contributed by atoms with E-state index < -0.39 is 69.8 Å². The number of aromatic nitrogens is 1. The average molecular weight is 909 g/mol. The van der Waals surface area contributed by atoms with Crippen molar-refractivity contribution >= 4 is 72.9 Å². The third-order valence-electron chi connectivity index (χ3n) is 11.4. The molecule has 5 atom stereocenters. The maximum Gasteiger partial charge on any atom is 0.326 e. The van der Waals surface area contributed by atoms with E-state index in [1.807, 2.05) is 55.4 Å². The van der Waals surface area contributed by atoms with Gasteiger partial charge in [0.15, 0.2) is 5.96 Å². The minimum atomic E-state index is -4.36. The van der Waals surface area contributed by atoms with Gasteiger partial charge in [-0.05, 0) is 68.4 Å². The zero-order valence-corrected chi connectivity index (χ0v) is 37.3. The second-order valence-corrected chi connectivity index (χ2v) is 18.0. The number of aliphatic carboxylic acids is 1. The molecule has 18 nitrogen and oxygen atoms in total. The van der Waals surface area contributed by atoms with E-state index in [1.165, 1.54) is 17.9 Å². The number of hydrogen-bond acceptors (Lipinski definition) is 9. The topological polar surface area (TPSA) is 275 Å². The first-order chi connectivity index (χ1) is 31.0. The maximum absolute atomic E-state index is 14.3. The largest absolute Gasteiger partial charge is 0.480 e. The number of guanidine groups is 1. The van der Waals surface area contributed by atoms with E-state index >= 15 is 0 Å². The number of carboxylic acids is 1. The summed E-state index contributed by atoms with van der Waals surface area (Å²) in [4.78, 5) is 78.5. The Morgan fingerprint density at radius 3 is 2.23 bits per heavy atom. The standard InChI is InChI=1S/C46H56N10O8S/c1-28(44(60)56-24-12-21-39(56)43(59)53-37(45(61)62)26-30-27-50-34-18-8-7-15-31(30)34)51-41(57)35(19-11-23-49-46(47)48)52-42(58)36(25-29-13-5-4-6-14-29)54-65(63,64)40-22-10-16-32-33(40)17-9-20-38(32)55(2)3/h4-10,13-18,20,22,27-28,35-37,39,50,54H,11-12,19,21,23-26H2,1-3H3,(H,51,57)(H,52,58)(H,53,59)(H,61,62)(H4,47,48,49)/t28-,35-,36+,37-,39-/m0/s1. The number of fused-ring (bicyclic) bond motifs is 2. The first-order valence-corrected chi connectivity index (χ1v) is 22.8. The third kappa shape index (κ3) is 11.8. The van der Waals surface area contributed by atoms with Crippen LogP contribution in [0.15, 0.2) is 107 Å². The second-order valence-electron chi connectivity index (χ2n) is 16.3. The van der Waals surface area contributed by atoms with Gasteiger partial charge in [0.1, 0.15) is 30.2 Å². The summed E-state index contributed by atoms with van der Waals surface area (Å²) in [7, 11) is -0.657. The van der Waals surface area contributed by atoms with Gasteiger partial charge in [0.25, 0.3) is 0 Å². The molecule has 0 radical (unpaired) electrons. The van der Waals surface area contributed by atoms with E-state index in [4.69, 9.17) is 11.5 Å². The van der Waals surface area contributed by atoms with Crippen molar-refractivity contribution in [2.75, 3.05) is 32.1 Å². The number of benzene rings is 4. The Balaban J connectivity index is 1.18. The van der Waals surface area contributed by atoms with Crippen molar-refractivity contribution in [2.45, 2.75) is 80.6 Å². The molecular formula is C46H56N10O8S. The number of nitrogens with one attached hydrogen (secondary N) is 5. The number of hydrogen-bond donors (Lipinski definition) is 8. The van der Waals surface area contributed by atoms with Crippen LogP contribution in [0, 0.1) is 0 Å². The molecule has 0 bridgehead atoms. The van der Waals surface area contributed by atoms with Crippen molar-refractivity contribution in [2.24, 2.45) is 16.5 Å². The number of carbonyl (C=O) groups is 5. The van der Waals surface area contributed by atoms with Crippen LogP contribution in [0.2, 0.25) is 0 Å². The van der Waals surface area contributed by atoms with Crippen LogP contribution in [0.4, 0.5) is 5.69 Å². The second kappa shape index (κ2) is 21.1. The molecule has 1 aliphatic rings. The SMILES string of the molecule is C[C@H](NC(=O)[C@H](CCCN=C(N)N)NC(=O)[C@@H](Cc1ccccc1)NS(=O)(=O)c1cccc2c(N(C)C)cccc12)C(=O)N1CCC[C@H]1C(=O)N[C@@H](Cc1c[nH]c2ccccc12)C(=O)O. The van der Waals surface area contributed by atoms with E-state index in [-0.39, 0.29) is 56.0 Å². The molecule has 4 amide bonds. The molecule has 1 saturated heterocycles. The first kappa shape index (κ1) is 47.5. The Labute approximate surface area is 377 Å². The molecule has 4 aromatic carbocycles. The molecule has 1 aliphatic heterocycles. The first-order valence-electron chi connectivity index (χ1n) is 21.3. The van der Waals surface area contributed by atoms with E-state index in [9.17, 15) is 37.5 Å². The van der Waals surface area contributed by atoms with Gasteiger partial charge >= 0.3 is 5.97 Å².